The van der Waals surface area contributed by atoms with Gasteiger partial charge in [0.25, 0.3) is 10.0 Å². The van der Waals surface area contributed by atoms with Crippen LogP contribution >= 0.6 is 0 Å². The summed E-state index contributed by atoms with van der Waals surface area (Å²) >= 11 is 0. The smallest absolute Gasteiger partial charge is 0.264 e. The minimum Gasteiger partial charge on any atom is -0.497 e. The van der Waals surface area contributed by atoms with Crippen LogP contribution in [0.3, 0.4) is 0 Å². The number of benzene rings is 3. The van der Waals surface area contributed by atoms with Gasteiger partial charge in [-0.3, -0.25) is 13.9 Å². The maximum absolute atomic E-state index is 13.7. The van der Waals surface area contributed by atoms with Crippen molar-refractivity contribution >= 4 is 27.5 Å². The number of rotatable bonds is 10. The van der Waals surface area contributed by atoms with Gasteiger partial charge in [-0.1, -0.05) is 48.0 Å². The van der Waals surface area contributed by atoms with E-state index in [4.69, 9.17) is 4.74 Å². The highest BCUT2D eigenvalue weighted by Gasteiger charge is 2.32. The number of para-hydroxylation sites is 1. The fraction of sp³-hybridized carbons (Fsp3) is 0.259. The zero-order chi connectivity index (χ0) is 26.3. The van der Waals surface area contributed by atoms with Crippen molar-refractivity contribution < 1.29 is 22.7 Å². The Hall–Kier alpha value is -3.85. The van der Waals surface area contributed by atoms with Crippen LogP contribution < -0.4 is 14.4 Å². The van der Waals surface area contributed by atoms with Crippen LogP contribution in [0, 0.1) is 6.92 Å². The van der Waals surface area contributed by atoms with Crippen LogP contribution in [-0.2, 0) is 26.2 Å². The van der Waals surface area contributed by atoms with Crippen molar-refractivity contribution in [3.63, 3.8) is 0 Å². The number of carbonyl (C=O) groups excluding carboxylic acids is 2. The molecule has 0 aliphatic heterocycles. The number of likely N-dealkylation sites (N-methyl/N-ethyl adjacent to an activating group) is 1. The molecule has 0 bridgehead atoms. The van der Waals surface area contributed by atoms with Crippen LogP contribution in [-0.4, -0.2) is 51.9 Å². The highest BCUT2D eigenvalue weighted by molar-refractivity contribution is 7.92. The lowest BCUT2D eigenvalue weighted by Crippen LogP contribution is -2.50. The van der Waals surface area contributed by atoms with Gasteiger partial charge in [0.15, 0.2) is 0 Å². The van der Waals surface area contributed by atoms with Crippen molar-refractivity contribution in [2.24, 2.45) is 0 Å². The van der Waals surface area contributed by atoms with Crippen LogP contribution in [0.25, 0.3) is 0 Å². The number of methoxy groups -OCH3 is 1. The Bertz CT molecular complexity index is 1280. The molecule has 0 fully saturated rings. The predicted molar refractivity (Wildman–Crippen MR) is 139 cm³/mol. The van der Waals surface area contributed by atoms with E-state index in [-0.39, 0.29) is 17.3 Å². The number of nitrogens with one attached hydrogen (secondary N) is 1. The summed E-state index contributed by atoms with van der Waals surface area (Å²) in [6, 6.07) is 21.2. The molecule has 1 N–H and O–H groups in total. The second kappa shape index (κ2) is 11.7. The van der Waals surface area contributed by atoms with Crippen molar-refractivity contribution in [1.82, 2.24) is 10.2 Å². The lowest BCUT2D eigenvalue weighted by molar-refractivity contribution is -0.139. The number of aryl methyl sites for hydroxylation is 1. The van der Waals surface area contributed by atoms with Crippen molar-refractivity contribution in [3.05, 3.63) is 90.0 Å². The molecule has 8 nitrogen and oxygen atoms in total. The van der Waals surface area contributed by atoms with Crippen LogP contribution in [0.4, 0.5) is 5.69 Å². The average Bonchev–Trinajstić information content (AvgIpc) is 2.90. The number of ether oxygens (including phenoxy) is 1. The Morgan fingerprint density at radius 3 is 2.11 bits per heavy atom. The standard InChI is InChI=1S/C27H31N3O5S/c1-20-10-12-22(13-11-20)18-29(21(2)27(32)28-3)26(31)19-30(23-8-6-5-7-9-23)36(33,34)25-16-14-24(35-4)15-17-25/h5-17,21H,18-19H2,1-4H3,(H,28,32). The van der Waals surface area contributed by atoms with Crippen LogP contribution in [0.15, 0.2) is 83.8 Å². The van der Waals surface area contributed by atoms with Gasteiger partial charge in [-0.2, -0.15) is 0 Å². The van der Waals surface area contributed by atoms with Gasteiger partial charge in [-0.25, -0.2) is 8.42 Å². The Morgan fingerprint density at radius 1 is 0.944 bits per heavy atom. The van der Waals surface area contributed by atoms with E-state index in [2.05, 4.69) is 5.32 Å². The molecule has 0 radical (unpaired) electrons. The summed E-state index contributed by atoms with van der Waals surface area (Å²) in [7, 11) is -1.12. The third-order valence-corrected chi connectivity index (χ3v) is 7.65. The summed E-state index contributed by atoms with van der Waals surface area (Å²) in [5.41, 5.74) is 2.23. The van der Waals surface area contributed by atoms with Crippen molar-refractivity contribution in [2.75, 3.05) is 25.0 Å². The largest absolute Gasteiger partial charge is 0.497 e. The molecule has 1 unspecified atom stereocenters. The molecular formula is C27H31N3O5S. The second-order valence-corrected chi connectivity index (χ2v) is 10.2. The lowest BCUT2D eigenvalue weighted by atomic mass is 10.1. The van der Waals surface area contributed by atoms with E-state index in [9.17, 15) is 18.0 Å². The SMILES string of the molecule is CNC(=O)C(C)N(Cc1ccc(C)cc1)C(=O)CN(c1ccccc1)S(=O)(=O)c1ccc(OC)cc1. The third-order valence-electron chi connectivity index (χ3n) is 5.86. The second-order valence-electron chi connectivity index (χ2n) is 8.32. The van der Waals surface area contributed by atoms with Gasteiger partial charge in [0.2, 0.25) is 11.8 Å². The summed E-state index contributed by atoms with van der Waals surface area (Å²) in [5.74, 6) is -0.340. The van der Waals surface area contributed by atoms with Gasteiger partial charge in [-0.15, -0.1) is 0 Å². The van der Waals surface area contributed by atoms with Gasteiger partial charge < -0.3 is 15.0 Å². The first kappa shape index (κ1) is 26.7. The Labute approximate surface area is 212 Å². The van der Waals surface area contributed by atoms with Gasteiger partial charge in [0, 0.05) is 13.6 Å². The number of amides is 2. The number of carbonyl (C=O) groups is 2. The van der Waals surface area contributed by atoms with Crippen molar-refractivity contribution in [3.8, 4) is 5.75 Å². The molecule has 3 aromatic rings. The molecule has 9 heteroatoms. The minimum atomic E-state index is -4.11. The van der Waals surface area contributed by atoms with Crippen LogP contribution in [0.2, 0.25) is 0 Å². The fourth-order valence-corrected chi connectivity index (χ4v) is 5.09. The number of anilines is 1. The molecule has 36 heavy (non-hydrogen) atoms. The van der Waals surface area contributed by atoms with Gasteiger partial charge in [0.1, 0.15) is 18.3 Å². The third kappa shape index (κ3) is 6.23. The topological polar surface area (TPSA) is 96.0 Å². The molecule has 0 aliphatic carbocycles. The molecule has 0 spiro atoms. The van der Waals surface area contributed by atoms with Gasteiger partial charge in [0.05, 0.1) is 17.7 Å². The molecule has 0 aliphatic rings. The highest BCUT2D eigenvalue weighted by Crippen LogP contribution is 2.25. The first-order valence-electron chi connectivity index (χ1n) is 11.5. The van der Waals surface area contributed by atoms with E-state index in [0.717, 1.165) is 15.4 Å². The monoisotopic (exact) mass is 509 g/mol. The summed E-state index contributed by atoms with van der Waals surface area (Å²) in [6.07, 6.45) is 0. The van der Waals surface area contributed by atoms with Crippen LogP contribution in [0.5, 0.6) is 5.75 Å². The molecule has 3 rings (SSSR count). The van der Waals surface area contributed by atoms with E-state index in [1.165, 1.54) is 31.2 Å². The lowest BCUT2D eigenvalue weighted by Gasteiger charge is -2.31. The van der Waals surface area contributed by atoms with Crippen molar-refractivity contribution in [2.45, 2.75) is 31.3 Å². The van der Waals surface area contributed by atoms with Crippen molar-refractivity contribution in [1.29, 1.82) is 0 Å². The van der Waals surface area contributed by atoms with Crippen LogP contribution in [0.1, 0.15) is 18.1 Å². The summed E-state index contributed by atoms with van der Waals surface area (Å²) in [6.45, 7) is 3.25. The number of hydrogen-bond acceptors (Lipinski definition) is 5. The Balaban J connectivity index is 1.99. The first-order chi connectivity index (χ1) is 17.2. The van der Waals surface area contributed by atoms with E-state index >= 15 is 0 Å². The molecule has 0 saturated carbocycles. The fourth-order valence-electron chi connectivity index (χ4n) is 3.68. The maximum Gasteiger partial charge on any atom is 0.264 e. The predicted octanol–water partition coefficient (Wildman–Crippen LogP) is 3.36. The quantitative estimate of drug-likeness (QED) is 0.452. The molecule has 0 saturated heterocycles. The molecule has 1 atom stereocenters. The molecule has 0 heterocycles. The normalized spacial score (nSPS) is 11.9. The zero-order valence-corrected chi connectivity index (χ0v) is 21.7. The van der Waals surface area contributed by atoms with E-state index in [1.54, 1.807) is 49.4 Å². The molecule has 0 aromatic heterocycles. The highest BCUT2D eigenvalue weighted by atomic mass is 32.2. The Morgan fingerprint density at radius 2 is 1.56 bits per heavy atom. The molecule has 190 valence electrons. The maximum atomic E-state index is 13.7. The number of hydrogen-bond donors (Lipinski definition) is 1. The number of nitrogens with zero attached hydrogens (tertiary/aromatic N) is 2. The summed E-state index contributed by atoms with van der Waals surface area (Å²) in [5, 5.41) is 2.57. The summed E-state index contributed by atoms with van der Waals surface area (Å²) < 4.78 is 33.6. The van der Waals surface area contributed by atoms with Gasteiger partial charge in [-0.05, 0) is 55.8 Å². The molecular weight excluding hydrogens is 478 g/mol. The Kier molecular flexibility index (Phi) is 8.71. The first-order valence-corrected chi connectivity index (χ1v) is 12.9. The summed E-state index contributed by atoms with van der Waals surface area (Å²) in [4.78, 5) is 27.6. The average molecular weight is 510 g/mol. The number of sulfonamides is 1. The molecule has 3 aromatic carbocycles. The van der Waals surface area contributed by atoms with E-state index < -0.39 is 28.5 Å². The van der Waals surface area contributed by atoms with E-state index in [0.29, 0.717) is 11.4 Å². The zero-order valence-electron chi connectivity index (χ0n) is 20.8. The molecule has 2 amide bonds. The van der Waals surface area contributed by atoms with E-state index in [1.807, 2.05) is 31.2 Å². The van der Waals surface area contributed by atoms with Gasteiger partial charge >= 0.3 is 0 Å². The minimum absolute atomic E-state index is 0.0180.